The summed E-state index contributed by atoms with van der Waals surface area (Å²) < 4.78 is 5.69. The summed E-state index contributed by atoms with van der Waals surface area (Å²) in [5.74, 6) is -0.319. The van der Waals surface area contributed by atoms with Crippen LogP contribution in [-0.2, 0) is 11.2 Å². The second-order valence-corrected chi connectivity index (χ2v) is 5.63. The van der Waals surface area contributed by atoms with Gasteiger partial charge in [-0.1, -0.05) is 19.1 Å². The number of aryl methyl sites for hydroxylation is 1. The van der Waals surface area contributed by atoms with Crippen molar-refractivity contribution in [3.05, 3.63) is 29.8 Å². The number of rotatable bonds is 5. The van der Waals surface area contributed by atoms with E-state index >= 15 is 0 Å². The van der Waals surface area contributed by atoms with Crippen molar-refractivity contribution in [3.63, 3.8) is 0 Å². The van der Waals surface area contributed by atoms with Gasteiger partial charge < -0.3 is 14.9 Å². The maximum absolute atomic E-state index is 10.9. The fourth-order valence-corrected chi connectivity index (χ4v) is 2.62. The van der Waals surface area contributed by atoms with Crippen molar-refractivity contribution >= 4 is 5.97 Å². The third-order valence-electron chi connectivity index (χ3n) is 4.08. The molecule has 2 N–H and O–H groups in total. The molecule has 0 radical (unpaired) electrons. The molecule has 110 valence electrons. The summed E-state index contributed by atoms with van der Waals surface area (Å²) in [5, 5.41) is 19.4. The van der Waals surface area contributed by atoms with Crippen LogP contribution in [0, 0.1) is 5.92 Å². The Morgan fingerprint density at radius 3 is 2.70 bits per heavy atom. The zero-order valence-corrected chi connectivity index (χ0v) is 11.8. The van der Waals surface area contributed by atoms with E-state index in [-0.39, 0.29) is 12.5 Å². The van der Waals surface area contributed by atoms with Gasteiger partial charge in [0.2, 0.25) is 0 Å². The van der Waals surface area contributed by atoms with Gasteiger partial charge in [0.05, 0.1) is 11.5 Å². The highest BCUT2D eigenvalue weighted by Gasteiger charge is 2.36. The van der Waals surface area contributed by atoms with E-state index in [0.717, 1.165) is 12.2 Å². The Hall–Kier alpha value is -1.55. The van der Waals surface area contributed by atoms with E-state index in [9.17, 15) is 9.90 Å². The average molecular weight is 278 g/mol. The zero-order valence-electron chi connectivity index (χ0n) is 11.8. The highest BCUT2D eigenvalue weighted by molar-refractivity contribution is 5.70. The molecule has 0 saturated heterocycles. The lowest BCUT2D eigenvalue weighted by atomic mass is 9.79. The number of carboxylic acid groups (broad SMARTS) is 1. The van der Waals surface area contributed by atoms with E-state index < -0.39 is 11.6 Å². The topological polar surface area (TPSA) is 66.8 Å². The molecule has 4 nitrogen and oxygen atoms in total. The van der Waals surface area contributed by atoms with E-state index in [4.69, 9.17) is 9.84 Å². The number of aliphatic carboxylic acids is 1. The van der Waals surface area contributed by atoms with Gasteiger partial charge in [-0.2, -0.15) is 0 Å². The first-order valence-corrected chi connectivity index (χ1v) is 7.19. The van der Waals surface area contributed by atoms with Crippen LogP contribution in [0.5, 0.6) is 5.75 Å². The van der Waals surface area contributed by atoms with E-state index in [2.05, 4.69) is 6.92 Å². The van der Waals surface area contributed by atoms with Crippen LogP contribution in [0.25, 0.3) is 0 Å². The molecular weight excluding hydrogens is 256 g/mol. The quantitative estimate of drug-likeness (QED) is 0.869. The minimum absolute atomic E-state index is 0.229. The molecular formula is C16H22O4. The fraction of sp³-hybridized carbons (Fsp3) is 0.562. The van der Waals surface area contributed by atoms with Gasteiger partial charge in [-0.05, 0) is 49.8 Å². The number of carbonyl (C=O) groups is 1. The van der Waals surface area contributed by atoms with Crippen molar-refractivity contribution in [1.29, 1.82) is 0 Å². The van der Waals surface area contributed by atoms with Crippen molar-refractivity contribution in [2.45, 2.75) is 44.6 Å². The molecule has 0 aliphatic heterocycles. The standard InChI is InChI=1S/C16H22O4/c1-2-12-4-3-5-14(10-12)20-11-16(19)8-6-13(7-9-16)15(17)18/h3-5,10,13,19H,2,6-9,11H2,1H3,(H,17,18). The van der Waals surface area contributed by atoms with Crippen molar-refractivity contribution in [1.82, 2.24) is 0 Å². The first kappa shape index (κ1) is 14.9. The Bertz CT molecular complexity index is 461. The molecule has 0 bridgehead atoms. The zero-order chi connectivity index (χ0) is 14.6. The van der Waals surface area contributed by atoms with Crippen molar-refractivity contribution in [2.24, 2.45) is 5.92 Å². The maximum atomic E-state index is 10.9. The van der Waals surface area contributed by atoms with Crippen LogP contribution < -0.4 is 4.74 Å². The first-order chi connectivity index (χ1) is 9.52. The van der Waals surface area contributed by atoms with E-state index in [0.29, 0.717) is 25.7 Å². The molecule has 1 aromatic carbocycles. The van der Waals surface area contributed by atoms with Crippen LogP contribution in [-0.4, -0.2) is 28.4 Å². The lowest BCUT2D eigenvalue weighted by Crippen LogP contribution is -2.41. The van der Waals surface area contributed by atoms with Crippen LogP contribution in [0.1, 0.15) is 38.2 Å². The van der Waals surface area contributed by atoms with Gasteiger partial charge in [-0.3, -0.25) is 4.79 Å². The van der Waals surface area contributed by atoms with Crippen LogP contribution in [0.4, 0.5) is 0 Å². The van der Waals surface area contributed by atoms with Gasteiger partial charge in [0, 0.05) is 0 Å². The van der Waals surface area contributed by atoms with Gasteiger partial charge in [-0.15, -0.1) is 0 Å². The van der Waals surface area contributed by atoms with Gasteiger partial charge in [0.1, 0.15) is 12.4 Å². The van der Waals surface area contributed by atoms with Gasteiger partial charge in [0.25, 0.3) is 0 Å². The molecule has 20 heavy (non-hydrogen) atoms. The van der Waals surface area contributed by atoms with Gasteiger partial charge in [0.15, 0.2) is 0 Å². The fourth-order valence-electron chi connectivity index (χ4n) is 2.62. The average Bonchev–Trinajstić information content (AvgIpc) is 2.46. The van der Waals surface area contributed by atoms with Gasteiger partial charge in [-0.25, -0.2) is 0 Å². The predicted molar refractivity (Wildman–Crippen MR) is 75.9 cm³/mol. The Kier molecular flexibility index (Phi) is 4.65. The SMILES string of the molecule is CCc1cccc(OCC2(O)CCC(C(=O)O)CC2)c1. The van der Waals surface area contributed by atoms with E-state index in [1.54, 1.807) is 0 Å². The van der Waals surface area contributed by atoms with Crippen LogP contribution >= 0.6 is 0 Å². The summed E-state index contributed by atoms with van der Waals surface area (Å²) in [6.07, 6.45) is 2.95. The Morgan fingerprint density at radius 1 is 1.40 bits per heavy atom. The van der Waals surface area contributed by atoms with Crippen LogP contribution in [0.2, 0.25) is 0 Å². The number of benzene rings is 1. The molecule has 0 unspecified atom stereocenters. The monoisotopic (exact) mass is 278 g/mol. The lowest BCUT2D eigenvalue weighted by Gasteiger charge is -2.34. The highest BCUT2D eigenvalue weighted by Crippen LogP contribution is 2.32. The minimum atomic E-state index is -0.895. The van der Waals surface area contributed by atoms with E-state index in [1.165, 1.54) is 5.56 Å². The number of ether oxygens (including phenoxy) is 1. The summed E-state index contributed by atoms with van der Waals surface area (Å²) in [4.78, 5) is 10.9. The van der Waals surface area contributed by atoms with Crippen LogP contribution in [0.15, 0.2) is 24.3 Å². The minimum Gasteiger partial charge on any atom is -0.491 e. The third-order valence-corrected chi connectivity index (χ3v) is 4.08. The largest absolute Gasteiger partial charge is 0.491 e. The summed E-state index contributed by atoms with van der Waals surface area (Å²) in [7, 11) is 0. The smallest absolute Gasteiger partial charge is 0.306 e. The number of aliphatic hydroxyl groups is 1. The molecule has 1 aromatic rings. The summed E-state index contributed by atoms with van der Waals surface area (Å²) >= 11 is 0. The van der Waals surface area contributed by atoms with E-state index in [1.807, 2.05) is 24.3 Å². The normalized spacial score (nSPS) is 26.2. The summed E-state index contributed by atoms with van der Waals surface area (Å²) in [6.45, 7) is 2.31. The molecule has 0 amide bonds. The Labute approximate surface area is 119 Å². The molecule has 1 fully saturated rings. The van der Waals surface area contributed by atoms with Gasteiger partial charge >= 0.3 is 5.97 Å². The molecule has 0 heterocycles. The Morgan fingerprint density at radius 2 is 2.10 bits per heavy atom. The molecule has 0 aromatic heterocycles. The number of hydrogen-bond donors (Lipinski definition) is 2. The molecule has 1 aliphatic carbocycles. The summed E-state index contributed by atoms with van der Waals surface area (Å²) in [5.41, 5.74) is 0.304. The summed E-state index contributed by atoms with van der Waals surface area (Å²) in [6, 6.07) is 7.84. The molecule has 0 atom stereocenters. The van der Waals surface area contributed by atoms with Crippen molar-refractivity contribution in [2.75, 3.05) is 6.61 Å². The number of carboxylic acids is 1. The third kappa shape index (κ3) is 3.73. The number of hydrogen-bond acceptors (Lipinski definition) is 3. The predicted octanol–water partition coefficient (Wildman–Crippen LogP) is 2.63. The molecule has 1 saturated carbocycles. The first-order valence-electron chi connectivity index (χ1n) is 7.19. The molecule has 0 spiro atoms. The van der Waals surface area contributed by atoms with Crippen LogP contribution in [0.3, 0.4) is 0 Å². The second kappa shape index (κ2) is 6.27. The molecule has 1 aliphatic rings. The Balaban J connectivity index is 1.88. The lowest BCUT2D eigenvalue weighted by molar-refractivity contribution is -0.145. The highest BCUT2D eigenvalue weighted by atomic mass is 16.5. The second-order valence-electron chi connectivity index (χ2n) is 5.63. The maximum Gasteiger partial charge on any atom is 0.306 e. The van der Waals surface area contributed by atoms with Crippen molar-refractivity contribution in [3.8, 4) is 5.75 Å². The molecule has 4 heteroatoms. The molecule has 2 rings (SSSR count). The van der Waals surface area contributed by atoms with Crippen molar-refractivity contribution < 1.29 is 19.7 Å².